The molecule has 2 aromatic rings. The summed E-state index contributed by atoms with van der Waals surface area (Å²) in [6.07, 6.45) is -0.177. The molecular formula is C22H26FN5O6. The van der Waals surface area contributed by atoms with Crippen molar-refractivity contribution in [1.29, 1.82) is 0 Å². The highest BCUT2D eigenvalue weighted by molar-refractivity contribution is 6.34. The molecule has 2 atom stereocenters. The minimum Gasteiger partial charge on any atom is -0.391 e. The Morgan fingerprint density at radius 3 is 2.56 bits per heavy atom. The number of ether oxygens (including phenoxy) is 1. The molecule has 1 fully saturated rings. The molecule has 3 rings (SSSR count). The van der Waals surface area contributed by atoms with E-state index in [-0.39, 0.29) is 36.6 Å². The summed E-state index contributed by atoms with van der Waals surface area (Å²) >= 11 is 0. The third-order valence-electron chi connectivity index (χ3n) is 5.53. The molecule has 1 aromatic carbocycles. The molecule has 1 aliphatic heterocycles. The van der Waals surface area contributed by atoms with Gasteiger partial charge in [0.05, 0.1) is 24.3 Å². The molecule has 11 nitrogen and oxygen atoms in total. The number of aliphatic hydroxyl groups is 1. The van der Waals surface area contributed by atoms with Crippen LogP contribution in [0.5, 0.6) is 0 Å². The lowest BCUT2D eigenvalue weighted by Gasteiger charge is -2.24. The van der Waals surface area contributed by atoms with Crippen molar-refractivity contribution in [1.82, 2.24) is 25.1 Å². The second kappa shape index (κ2) is 10.5. The summed E-state index contributed by atoms with van der Waals surface area (Å²) in [5, 5.41) is 12.2. The Labute approximate surface area is 194 Å². The lowest BCUT2D eigenvalue weighted by molar-refractivity contribution is -0.151. The SMILES string of the molecule is COC1CC(c2nc(C(=O)NCc3ccc(F)cc3)c(CO)c(=O)[nH]2)N(C(=O)C(=O)N(C)C)C1. The molecule has 0 saturated carbocycles. The zero-order chi connectivity index (χ0) is 25.0. The summed E-state index contributed by atoms with van der Waals surface area (Å²) in [6, 6.07) is 4.65. The first-order valence-electron chi connectivity index (χ1n) is 10.5. The highest BCUT2D eigenvalue weighted by atomic mass is 19.1. The van der Waals surface area contributed by atoms with Gasteiger partial charge in [-0.3, -0.25) is 19.2 Å². The average Bonchev–Trinajstić information content (AvgIpc) is 3.26. The molecule has 1 aliphatic rings. The number of likely N-dealkylation sites (N-methyl/N-ethyl adjacent to an activating group) is 1. The molecule has 0 radical (unpaired) electrons. The van der Waals surface area contributed by atoms with Crippen LogP contribution in [0.1, 0.15) is 39.9 Å². The topological polar surface area (TPSA) is 145 Å². The number of likely N-dealkylation sites (tertiary alicyclic amines) is 1. The molecule has 1 saturated heterocycles. The zero-order valence-electron chi connectivity index (χ0n) is 19.0. The van der Waals surface area contributed by atoms with Crippen molar-refractivity contribution in [3.05, 3.63) is 63.1 Å². The molecule has 1 aromatic heterocycles. The van der Waals surface area contributed by atoms with Crippen molar-refractivity contribution in [2.45, 2.75) is 31.7 Å². The minimum atomic E-state index is -0.828. The lowest BCUT2D eigenvalue weighted by Crippen LogP contribution is -2.43. The minimum absolute atomic E-state index is 0.00594. The molecule has 0 spiro atoms. The molecule has 0 bridgehead atoms. The van der Waals surface area contributed by atoms with Crippen LogP contribution in [0.3, 0.4) is 0 Å². The first-order valence-corrected chi connectivity index (χ1v) is 10.5. The molecule has 34 heavy (non-hydrogen) atoms. The van der Waals surface area contributed by atoms with Gasteiger partial charge < -0.3 is 29.9 Å². The van der Waals surface area contributed by atoms with E-state index in [1.807, 2.05) is 0 Å². The maximum Gasteiger partial charge on any atom is 0.312 e. The summed E-state index contributed by atoms with van der Waals surface area (Å²) in [5.74, 6) is -2.71. The number of carbonyl (C=O) groups excluding carboxylic acids is 3. The third kappa shape index (κ3) is 5.29. The predicted octanol–water partition coefficient (Wildman–Crippen LogP) is -0.292. The van der Waals surface area contributed by atoms with Crippen LogP contribution in [0, 0.1) is 5.82 Å². The fraction of sp³-hybridized carbons (Fsp3) is 0.409. The quantitative estimate of drug-likeness (QED) is 0.487. The molecule has 12 heteroatoms. The van der Waals surface area contributed by atoms with E-state index < -0.39 is 47.9 Å². The number of nitrogens with zero attached hydrogens (tertiary/aromatic N) is 3. The fourth-order valence-electron chi connectivity index (χ4n) is 3.64. The number of H-pyrrole nitrogens is 1. The van der Waals surface area contributed by atoms with E-state index in [0.717, 1.165) is 4.90 Å². The molecule has 0 aliphatic carbocycles. The molecule has 182 valence electrons. The monoisotopic (exact) mass is 475 g/mol. The van der Waals surface area contributed by atoms with E-state index in [2.05, 4.69) is 15.3 Å². The van der Waals surface area contributed by atoms with Gasteiger partial charge in [-0.15, -0.1) is 0 Å². The van der Waals surface area contributed by atoms with E-state index in [4.69, 9.17) is 4.74 Å². The number of amides is 3. The third-order valence-corrected chi connectivity index (χ3v) is 5.53. The Hall–Kier alpha value is -3.64. The van der Waals surface area contributed by atoms with Crippen LogP contribution in [-0.4, -0.2) is 76.4 Å². The highest BCUT2D eigenvalue weighted by Gasteiger charge is 2.41. The summed E-state index contributed by atoms with van der Waals surface area (Å²) in [5.41, 5.74) is -0.686. The van der Waals surface area contributed by atoms with Crippen molar-refractivity contribution < 1.29 is 28.6 Å². The van der Waals surface area contributed by atoms with Crippen molar-refractivity contribution in [2.75, 3.05) is 27.7 Å². The lowest BCUT2D eigenvalue weighted by atomic mass is 10.1. The maximum absolute atomic E-state index is 13.1. The van der Waals surface area contributed by atoms with Crippen LogP contribution < -0.4 is 10.9 Å². The number of hydrogen-bond acceptors (Lipinski definition) is 7. The molecular weight excluding hydrogens is 449 g/mol. The molecule has 3 N–H and O–H groups in total. The van der Waals surface area contributed by atoms with Gasteiger partial charge in [-0.05, 0) is 17.7 Å². The van der Waals surface area contributed by atoms with Gasteiger partial charge >= 0.3 is 11.8 Å². The summed E-state index contributed by atoms with van der Waals surface area (Å²) in [6.45, 7) is -0.614. The van der Waals surface area contributed by atoms with E-state index >= 15 is 0 Å². The number of aromatic amines is 1. The van der Waals surface area contributed by atoms with Gasteiger partial charge in [0, 0.05) is 40.7 Å². The van der Waals surface area contributed by atoms with Crippen LogP contribution in [-0.2, 0) is 27.5 Å². The normalized spacial score (nSPS) is 17.5. The second-order valence-corrected chi connectivity index (χ2v) is 8.01. The second-order valence-electron chi connectivity index (χ2n) is 8.01. The Balaban J connectivity index is 1.92. The Bertz CT molecular complexity index is 1130. The van der Waals surface area contributed by atoms with Crippen LogP contribution in [0.2, 0.25) is 0 Å². The number of benzene rings is 1. The zero-order valence-corrected chi connectivity index (χ0v) is 19.0. The summed E-state index contributed by atoms with van der Waals surface area (Å²) in [7, 11) is 4.35. The molecule has 2 unspecified atom stereocenters. The maximum atomic E-state index is 13.1. The largest absolute Gasteiger partial charge is 0.391 e. The van der Waals surface area contributed by atoms with E-state index in [1.54, 1.807) is 0 Å². The van der Waals surface area contributed by atoms with Crippen molar-refractivity contribution in [3.63, 3.8) is 0 Å². The van der Waals surface area contributed by atoms with Gasteiger partial charge in [0.2, 0.25) is 0 Å². The first kappa shape index (κ1) is 25.0. The van der Waals surface area contributed by atoms with E-state index in [0.29, 0.717) is 5.56 Å². The Morgan fingerprint density at radius 2 is 1.97 bits per heavy atom. The average molecular weight is 475 g/mol. The predicted molar refractivity (Wildman–Crippen MR) is 117 cm³/mol. The summed E-state index contributed by atoms with van der Waals surface area (Å²) in [4.78, 5) is 59.7. The molecule has 3 amide bonds. The fourth-order valence-corrected chi connectivity index (χ4v) is 3.64. The summed E-state index contributed by atoms with van der Waals surface area (Å²) < 4.78 is 18.4. The number of hydrogen-bond donors (Lipinski definition) is 3. The van der Waals surface area contributed by atoms with Gasteiger partial charge in [-0.2, -0.15) is 0 Å². The standard InChI is InChI=1S/C22H26FN5O6/c1-27(2)21(32)22(33)28-10-14(34-3)8-16(28)18-25-17(15(11-29)19(30)26-18)20(31)24-9-12-4-6-13(23)7-5-12/h4-7,14,16,29H,8-11H2,1-3H3,(H,24,31)(H,25,26,30). The highest BCUT2D eigenvalue weighted by Crippen LogP contribution is 2.31. The van der Waals surface area contributed by atoms with Gasteiger partial charge in [-0.25, -0.2) is 9.37 Å². The number of nitrogens with one attached hydrogen (secondary N) is 2. The van der Waals surface area contributed by atoms with Crippen molar-refractivity contribution in [2.24, 2.45) is 0 Å². The Morgan fingerprint density at radius 1 is 1.29 bits per heavy atom. The van der Waals surface area contributed by atoms with Crippen LogP contribution >= 0.6 is 0 Å². The Kier molecular flexibility index (Phi) is 7.74. The van der Waals surface area contributed by atoms with Gasteiger partial charge in [0.25, 0.3) is 11.5 Å². The van der Waals surface area contributed by atoms with Crippen molar-refractivity contribution >= 4 is 17.7 Å². The van der Waals surface area contributed by atoms with Crippen LogP contribution in [0.15, 0.2) is 29.1 Å². The van der Waals surface area contributed by atoms with E-state index in [9.17, 15) is 28.7 Å². The van der Waals surface area contributed by atoms with Crippen LogP contribution in [0.4, 0.5) is 4.39 Å². The number of halogens is 1. The van der Waals surface area contributed by atoms with E-state index in [1.165, 1.54) is 50.4 Å². The molecule has 2 heterocycles. The van der Waals surface area contributed by atoms with Crippen molar-refractivity contribution in [3.8, 4) is 0 Å². The van der Waals surface area contributed by atoms with Gasteiger partial charge in [0.1, 0.15) is 17.3 Å². The number of methoxy groups -OCH3 is 1. The smallest absolute Gasteiger partial charge is 0.312 e. The van der Waals surface area contributed by atoms with Crippen LogP contribution in [0.25, 0.3) is 0 Å². The first-order chi connectivity index (χ1) is 16.2. The number of aliphatic hydroxyl groups excluding tert-OH is 1. The number of rotatable bonds is 6. The van der Waals surface area contributed by atoms with Gasteiger partial charge in [0.15, 0.2) is 0 Å². The van der Waals surface area contributed by atoms with Gasteiger partial charge in [-0.1, -0.05) is 12.1 Å². The number of aromatic nitrogens is 2. The number of carbonyl (C=O) groups is 3.